The van der Waals surface area contributed by atoms with E-state index in [0.29, 0.717) is 22.7 Å². The van der Waals surface area contributed by atoms with Crippen LogP contribution in [0, 0.1) is 52.3 Å². The highest BCUT2D eigenvalue weighted by Gasteiger charge is 2.59. The average Bonchev–Trinajstić information content (AvgIpc) is 3.03. The molecule has 0 aromatic heterocycles. The number of rotatable bonds is 4. The van der Waals surface area contributed by atoms with Gasteiger partial charge in [0.25, 0.3) is 0 Å². The molecule has 0 aromatic carbocycles. The van der Waals surface area contributed by atoms with E-state index in [9.17, 15) is 5.11 Å². The maximum atomic E-state index is 10.2. The van der Waals surface area contributed by atoms with E-state index in [-0.39, 0.29) is 6.10 Å². The molecule has 9 unspecified atom stereocenters. The van der Waals surface area contributed by atoms with Crippen LogP contribution in [-0.4, -0.2) is 11.2 Å². The van der Waals surface area contributed by atoms with Gasteiger partial charge in [0.2, 0.25) is 0 Å². The monoisotopic (exact) mass is 398 g/mol. The van der Waals surface area contributed by atoms with Gasteiger partial charge in [0.1, 0.15) is 0 Å². The van der Waals surface area contributed by atoms with Crippen molar-refractivity contribution < 1.29 is 5.11 Å². The van der Waals surface area contributed by atoms with Crippen LogP contribution in [0.1, 0.15) is 92.9 Å². The smallest absolute Gasteiger partial charge is 0.0724 e. The topological polar surface area (TPSA) is 20.2 Å². The zero-order valence-corrected chi connectivity index (χ0v) is 20.0. The molecule has 0 aromatic rings. The van der Waals surface area contributed by atoms with Gasteiger partial charge in [0.15, 0.2) is 0 Å². The molecule has 0 aliphatic heterocycles. The van der Waals surface area contributed by atoms with Crippen molar-refractivity contribution in [3.05, 3.63) is 23.8 Å². The van der Waals surface area contributed by atoms with Crippen LogP contribution in [0.5, 0.6) is 0 Å². The standard InChI is InChI=1S/C28H46O/c1-18(2)19(3)7-8-20(4)24-11-12-25-23-10-9-21-17-22(29)13-15-27(21,5)26(23)14-16-28(24,25)6/h7-8,17-20,22-26,29H,9-16H2,1-6H3/b8-7+. The normalized spacial score (nSPS) is 46.8. The fourth-order valence-corrected chi connectivity index (χ4v) is 8.32. The Labute approximate surface area is 180 Å². The number of aliphatic hydroxyl groups excluding tert-OH is 1. The molecule has 1 N–H and O–H groups in total. The molecule has 3 saturated carbocycles. The third kappa shape index (κ3) is 3.58. The van der Waals surface area contributed by atoms with Crippen LogP contribution in [0.25, 0.3) is 0 Å². The van der Waals surface area contributed by atoms with Crippen molar-refractivity contribution in [2.75, 3.05) is 0 Å². The molecule has 1 nitrogen and oxygen atoms in total. The van der Waals surface area contributed by atoms with Gasteiger partial charge in [-0.2, -0.15) is 0 Å². The van der Waals surface area contributed by atoms with Gasteiger partial charge in [0.05, 0.1) is 6.10 Å². The van der Waals surface area contributed by atoms with Crippen molar-refractivity contribution in [3.8, 4) is 0 Å². The Balaban J connectivity index is 1.52. The molecule has 4 rings (SSSR count). The van der Waals surface area contributed by atoms with E-state index in [1.807, 2.05) is 0 Å². The number of fused-ring (bicyclic) bond motifs is 5. The summed E-state index contributed by atoms with van der Waals surface area (Å²) in [6.45, 7) is 14.8. The summed E-state index contributed by atoms with van der Waals surface area (Å²) in [6.07, 6.45) is 17.7. The predicted octanol–water partition coefficient (Wildman–Crippen LogP) is 7.41. The van der Waals surface area contributed by atoms with E-state index in [2.05, 4.69) is 59.8 Å². The first-order chi connectivity index (χ1) is 13.7. The Morgan fingerprint density at radius 2 is 1.69 bits per heavy atom. The van der Waals surface area contributed by atoms with Gasteiger partial charge in [-0.1, -0.05) is 65.3 Å². The minimum Gasteiger partial charge on any atom is -0.389 e. The van der Waals surface area contributed by atoms with Crippen molar-refractivity contribution >= 4 is 0 Å². The molecule has 1 heteroatoms. The third-order valence-corrected chi connectivity index (χ3v) is 10.6. The summed E-state index contributed by atoms with van der Waals surface area (Å²) in [7, 11) is 0. The molecule has 4 aliphatic carbocycles. The minimum absolute atomic E-state index is 0.180. The van der Waals surface area contributed by atoms with E-state index in [1.54, 1.807) is 5.57 Å². The zero-order chi connectivity index (χ0) is 21.0. The second-order valence-corrected chi connectivity index (χ2v) is 12.2. The SMILES string of the molecule is CC(C)C(C)/C=C/C(C)C1CCC2C3CCC4=CC(O)CCC4(C)C3CCC12C. The van der Waals surface area contributed by atoms with Gasteiger partial charge >= 0.3 is 0 Å². The van der Waals surface area contributed by atoms with Crippen LogP contribution in [0.15, 0.2) is 23.8 Å². The molecule has 164 valence electrons. The fourth-order valence-electron chi connectivity index (χ4n) is 8.32. The van der Waals surface area contributed by atoms with Crippen molar-refractivity contribution in [2.45, 2.75) is 99.0 Å². The van der Waals surface area contributed by atoms with Crippen LogP contribution < -0.4 is 0 Å². The van der Waals surface area contributed by atoms with Crippen molar-refractivity contribution in [1.82, 2.24) is 0 Å². The van der Waals surface area contributed by atoms with Gasteiger partial charge in [0, 0.05) is 0 Å². The summed E-state index contributed by atoms with van der Waals surface area (Å²) in [5, 5.41) is 10.2. The number of hydrogen-bond donors (Lipinski definition) is 1. The average molecular weight is 399 g/mol. The molecular formula is C28H46O. The highest BCUT2D eigenvalue weighted by molar-refractivity contribution is 5.25. The number of allylic oxidation sites excluding steroid dienone is 3. The maximum Gasteiger partial charge on any atom is 0.0724 e. The molecule has 0 saturated heterocycles. The van der Waals surface area contributed by atoms with Gasteiger partial charge in [-0.05, 0) is 104 Å². The van der Waals surface area contributed by atoms with Gasteiger partial charge < -0.3 is 5.11 Å². The van der Waals surface area contributed by atoms with Crippen LogP contribution in [0.3, 0.4) is 0 Å². The summed E-state index contributed by atoms with van der Waals surface area (Å²) >= 11 is 0. The minimum atomic E-state index is -0.180. The van der Waals surface area contributed by atoms with Crippen molar-refractivity contribution in [2.24, 2.45) is 52.3 Å². The van der Waals surface area contributed by atoms with E-state index in [4.69, 9.17) is 0 Å². The summed E-state index contributed by atoms with van der Waals surface area (Å²) in [6, 6.07) is 0. The molecule has 0 bridgehead atoms. The van der Waals surface area contributed by atoms with Crippen molar-refractivity contribution in [1.29, 1.82) is 0 Å². The lowest BCUT2D eigenvalue weighted by Gasteiger charge is -2.59. The van der Waals surface area contributed by atoms with E-state index < -0.39 is 0 Å². The molecule has 29 heavy (non-hydrogen) atoms. The van der Waals surface area contributed by atoms with Gasteiger partial charge in [-0.15, -0.1) is 0 Å². The molecule has 0 heterocycles. The lowest BCUT2D eigenvalue weighted by Crippen LogP contribution is -2.51. The summed E-state index contributed by atoms with van der Waals surface area (Å²) in [4.78, 5) is 0. The summed E-state index contributed by atoms with van der Waals surface area (Å²) in [5.41, 5.74) is 2.52. The predicted molar refractivity (Wildman–Crippen MR) is 124 cm³/mol. The second-order valence-electron chi connectivity index (χ2n) is 12.2. The Bertz CT molecular complexity index is 659. The molecule has 0 amide bonds. The molecule has 0 radical (unpaired) electrons. The molecular weight excluding hydrogens is 352 g/mol. The maximum absolute atomic E-state index is 10.2. The zero-order valence-electron chi connectivity index (χ0n) is 20.0. The van der Waals surface area contributed by atoms with Crippen molar-refractivity contribution in [3.63, 3.8) is 0 Å². The first-order valence-electron chi connectivity index (χ1n) is 12.7. The summed E-state index contributed by atoms with van der Waals surface area (Å²) in [5.74, 6) is 5.70. The van der Waals surface area contributed by atoms with Crippen LogP contribution in [-0.2, 0) is 0 Å². The Hall–Kier alpha value is -0.560. The lowest BCUT2D eigenvalue weighted by molar-refractivity contribution is -0.0595. The molecule has 3 fully saturated rings. The van der Waals surface area contributed by atoms with Gasteiger partial charge in [-0.3, -0.25) is 0 Å². The molecule has 0 spiro atoms. The number of hydrogen-bond acceptors (Lipinski definition) is 1. The Morgan fingerprint density at radius 1 is 0.931 bits per heavy atom. The van der Waals surface area contributed by atoms with Gasteiger partial charge in [-0.25, -0.2) is 0 Å². The molecule has 4 aliphatic rings. The van der Waals surface area contributed by atoms with Crippen LogP contribution >= 0.6 is 0 Å². The first kappa shape index (κ1) is 21.7. The number of aliphatic hydroxyl groups is 1. The van der Waals surface area contributed by atoms with E-state index in [1.165, 1.54) is 44.9 Å². The van der Waals surface area contributed by atoms with E-state index >= 15 is 0 Å². The first-order valence-corrected chi connectivity index (χ1v) is 12.7. The highest BCUT2D eigenvalue weighted by atomic mass is 16.3. The van der Waals surface area contributed by atoms with E-state index in [0.717, 1.165) is 36.0 Å². The Morgan fingerprint density at radius 3 is 2.41 bits per heavy atom. The highest BCUT2D eigenvalue weighted by Crippen LogP contribution is 2.67. The second kappa shape index (κ2) is 7.85. The third-order valence-electron chi connectivity index (χ3n) is 10.6. The van der Waals surface area contributed by atoms with Crippen LogP contribution in [0.4, 0.5) is 0 Å². The fraction of sp³-hybridized carbons (Fsp3) is 0.857. The van der Waals surface area contributed by atoms with Crippen LogP contribution in [0.2, 0.25) is 0 Å². The largest absolute Gasteiger partial charge is 0.389 e. The lowest BCUT2D eigenvalue weighted by atomic mass is 9.46. The molecule has 9 atom stereocenters. The summed E-state index contributed by atoms with van der Waals surface area (Å²) < 4.78 is 0. The Kier molecular flexibility index (Phi) is 5.86. The quantitative estimate of drug-likeness (QED) is 0.489.